The zero-order chi connectivity index (χ0) is 17.1. The number of methoxy groups -OCH3 is 1. The van der Waals surface area contributed by atoms with Crippen molar-refractivity contribution < 1.29 is 13.9 Å². The SMILES string of the molecule is COc1ccc(COc2ccc3oc(-c4ccncc4)nc3c2)nc1. The number of aromatic nitrogens is 3. The van der Waals surface area contributed by atoms with Crippen LogP contribution in [0.2, 0.25) is 0 Å². The first-order valence-corrected chi connectivity index (χ1v) is 7.74. The lowest BCUT2D eigenvalue weighted by Crippen LogP contribution is -1.98. The average Bonchev–Trinajstić information content (AvgIpc) is 3.11. The monoisotopic (exact) mass is 333 g/mol. The lowest BCUT2D eigenvalue weighted by atomic mass is 10.3. The van der Waals surface area contributed by atoms with Crippen molar-refractivity contribution in [3.8, 4) is 23.0 Å². The molecule has 124 valence electrons. The van der Waals surface area contributed by atoms with Crippen molar-refractivity contribution in [1.29, 1.82) is 0 Å². The van der Waals surface area contributed by atoms with Crippen molar-refractivity contribution in [1.82, 2.24) is 15.0 Å². The number of oxazole rings is 1. The normalized spacial score (nSPS) is 10.8. The molecule has 0 aliphatic heterocycles. The molecular formula is C19H15N3O3. The first-order chi connectivity index (χ1) is 12.3. The Bertz CT molecular complexity index is 982. The van der Waals surface area contributed by atoms with Crippen LogP contribution in [0.3, 0.4) is 0 Å². The van der Waals surface area contributed by atoms with E-state index >= 15 is 0 Å². The molecule has 3 heterocycles. The molecule has 1 aromatic carbocycles. The number of pyridine rings is 2. The maximum absolute atomic E-state index is 5.79. The Balaban J connectivity index is 1.52. The molecule has 0 aliphatic carbocycles. The minimum atomic E-state index is 0.366. The van der Waals surface area contributed by atoms with Gasteiger partial charge in [0, 0.05) is 24.0 Å². The number of fused-ring (bicyclic) bond motifs is 1. The smallest absolute Gasteiger partial charge is 0.227 e. The average molecular weight is 333 g/mol. The van der Waals surface area contributed by atoms with Crippen LogP contribution in [0.5, 0.6) is 11.5 Å². The predicted molar refractivity (Wildman–Crippen MR) is 92.4 cm³/mol. The fraction of sp³-hybridized carbons (Fsp3) is 0.105. The van der Waals surface area contributed by atoms with Crippen LogP contribution in [0.1, 0.15) is 5.69 Å². The van der Waals surface area contributed by atoms with Crippen LogP contribution in [-0.4, -0.2) is 22.1 Å². The number of ether oxygens (including phenoxy) is 2. The van der Waals surface area contributed by atoms with E-state index in [1.807, 2.05) is 42.5 Å². The van der Waals surface area contributed by atoms with Crippen LogP contribution in [0, 0.1) is 0 Å². The van der Waals surface area contributed by atoms with Gasteiger partial charge in [0.05, 0.1) is 19.0 Å². The summed E-state index contributed by atoms with van der Waals surface area (Å²) in [7, 11) is 1.61. The highest BCUT2D eigenvalue weighted by Gasteiger charge is 2.09. The lowest BCUT2D eigenvalue weighted by Gasteiger charge is -2.06. The molecule has 0 bridgehead atoms. The summed E-state index contributed by atoms with van der Waals surface area (Å²) in [5.74, 6) is 1.99. The molecule has 0 fully saturated rings. The third-order valence-electron chi connectivity index (χ3n) is 3.71. The van der Waals surface area contributed by atoms with Crippen molar-refractivity contribution in [3.05, 3.63) is 66.7 Å². The fourth-order valence-electron chi connectivity index (χ4n) is 2.39. The van der Waals surface area contributed by atoms with Crippen molar-refractivity contribution in [3.63, 3.8) is 0 Å². The van der Waals surface area contributed by atoms with Crippen LogP contribution in [0.4, 0.5) is 0 Å². The highest BCUT2D eigenvalue weighted by Crippen LogP contribution is 2.27. The molecule has 0 saturated carbocycles. The topological polar surface area (TPSA) is 70.3 Å². The summed E-state index contributed by atoms with van der Waals surface area (Å²) in [6, 6.07) is 13.0. The summed E-state index contributed by atoms with van der Waals surface area (Å²) < 4.78 is 16.7. The van der Waals surface area contributed by atoms with Crippen LogP contribution >= 0.6 is 0 Å². The van der Waals surface area contributed by atoms with Gasteiger partial charge in [-0.05, 0) is 36.4 Å². The number of hydrogen-bond acceptors (Lipinski definition) is 6. The molecule has 0 spiro atoms. The van der Waals surface area contributed by atoms with Gasteiger partial charge in [0.1, 0.15) is 23.6 Å². The zero-order valence-corrected chi connectivity index (χ0v) is 13.5. The summed E-state index contributed by atoms with van der Waals surface area (Å²) in [6.45, 7) is 0.366. The molecule has 0 saturated heterocycles. The minimum Gasteiger partial charge on any atom is -0.495 e. The quantitative estimate of drug-likeness (QED) is 0.552. The van der Waals surface area contributed by atoms with Gasteiger partial charge in [0.25, 0.3) is 0 Å². The van der Waals surface area contributed by atoms with Crippen molar-refractivity contribution in [2.45, 2.75) is 6.61 Å². The summed E-state index contributed by atoms with van der Waals surface area (Å²) in [5.41, 5.74) is 3.16. The number of rotatable bonds is 5. The Morgan fingerprint density at radius 2 is 1.84 bits per heavy atom. The third kappa shape index (κ3) is 3.28. The maximum Gasteiger partial charge on any atom is 0.227 e. The van der Waals surface area contributed by atoms with Crippen LogP contribution in [-0.2, 0) is 6.61 Å². The standard InChI is InChI=1S/C19H15N3O3/c1-23-16-3-2-14(21-11-16)12-24-15-4-5-18-17(10-15)22-19(25-18)13-6-8-20-9-7-13/h2-11H,12H2,1H3. The molecule has 25 heavy (non-hydrogen) atoms. The molecule has 4 aromatic rings. The summed E-state index contributed by atoms with van der Waals surface area (Å²) in [6.07, 6.45) is 5.09. The second kappa shape index (κ2) is 6.60. The van der Waals surface area contributed by atoms with E-state index in [0.29, 0.717) is 23.8 Å². The van der Waals surface area contributed by atoms with E-state index in [4.69, 9.17) is 13.9 Å². The van der Waals surface area contributed by atoms with E-state index in [0.717, 1.165) is 22.5 Å². The van der Waals surface area contributed by atoms with Gasteiger partial charge in [-0.25, -0.2) is 4.98 Å². The van der Waals surface area contributed by atoms with E-state index < -0.39 is 0 Å². The first-order valence-electron chi connectivity index (χ1n) is 7.74. The van der Waals surface area contributed by atoms with Gasteiger partial charge in [-0.15, -0.1) is 0 Å². The van der Waals surface area contributed by atoms with Gasteiger partial charge in [0.15, 0.2) is 5.58 Å². The molecule has 0 aliphatic rings. The Labute approximate surface area is 144 Å². The van der Waals surface area contributed by atoms with Gasteiger partial charge in [-0.1, -0.05) is 0 Å². The van der Waals surface area contributed by atoms with Gasteiger partial charge in [0.2, 0.25) is 5.89 Å². The lowest BCUT2D eigenvalue weighted by molar-refractivity contribution is 0.301. The van der Waals surface area contributed by atoms with Gasteiger partial charge in [-0.2, -0.15) is 0 Å². The van der Waals surface area contributed by atoms with Gasteiger partial charge >= 0.3 is 0 Å². The maximum atomic E-state index is 5.79. The Hall–Kier alpha value is -3.41. The van der Waals surface area contributed by atoms with Crippen LogP contribution < -0.4 is 9.47 Å². The van der Waals surface area contributed by atoms with E-state index in [1.54, 1.807) is 25.7 Å². The Morgan fingerprint density at radius 3 is 2.60 bits per heavy atom. The Kier molecular flexibility index (Phi) is 4.00. The molecule has 0 unspecified atom stereocenters. The number of hydrogen-bond donors (Lipinski definition) is 0. The highest BCUT2D eigenvalue weighted by atomic mass is 16.5. The second-order valence-electron chi connectivity index (χ2n) is 5.36. The first kappa shape index (κ1) is 15.1. The molecular weight excluding hydrogens is 318 g/mol. The van der Waals surface area contributed by atoms with Gasteiger partial charge in [-0.3, -0.25) is 9.97 Å². The zero-order valence-electron chi connectivity index (χ0n) is 13.5. The molecule has 3 aromatic heterocycles. The molecule has 0 amide bonds. The third-order valence-corrected chi connectivity index (χ3v) is 3.71. The summed E-state index contributed by atoms with van der Waals surface area (Å²) in [4.78, 5) is 12.8. The van der Waals surface area contributed by atoms with Crippen molar-refractivity contribution in [2.75, 3.05) is 7.11 Å². The van der Waals surface area contributed by atoms with E-state index in [2.05, 4.69) is 15.0 Å². The molecule has 0 radical (unpaired) electrons. The van der Waals surface area contributed by atoms with Gasteiger partial charge < -0.3 is 13.9 Å². The second-order valence-corrected chi connectivity index (χ2v) is 5.36. The summed E-state index contributed by atoms with van der Waals surface area (Å²) in [5, 5.41) is 0. The molecule has 6 nitrogen and oxygen atoms in total. The molecule has 6 heteroatoms. The predicted octanol–water partition coefficient (Wildman–Crippen LogP) is 3.87. The van der Waals surface area contributed by atoms with Crippen LogP contribution in [0.25, 0.3) is 22.6 Å². The largest absolute Gasteiger partial charge is 0.495 e. The van der Waals surface area contributed by atoms with Crippen molar-refractivity contribution >= 4 is 11.1 Å². The van der Waals surface area contributed by atoms with E-state index in [1.165, 1.54) is 0 Å². The molecule has 0 N–H and O–H groups in total. The number of benzene rings is 1. The molecule has 4 rings (SSSR count). The summed E-state index contributed by atoms with van der Waals surface area (Å²) >= 11 is 0. The van der Waals surface area contributed by atoms with Crippen LogP contribution in [0.15, 0.2) is 65.5 Å². The van der Waals surface area contributed by atoms with E-state index in [-0.39, 0.29) is 0 Å². The van der Waals surface area contributed by atoms with E-state index in [9.17, 15) is 0 Å². The fourth-order valence-corrected chi connectivity index (χ4v) is 2.39. The minimum absolute atomic E-state index is 0.366. The number of nitrogens with zero attached hydrogens (tertiary/aromatic N) is 3. The Morgan fingerprint density at radius 1 is 1.00 bits per heavy atom. The highest BCUT2D eigenvalue weighted by molar-refractivity contribution is 5.77. The van der Waals surface area contributed by atoms with Crippen molar-refractivity contribution in [2.24, 2.45) is 0 Å². The molecule has 0 atom stereocenters.